The molecule has 0 aliphatic rings. The number of aromatic amines is 1. The molecule has 0 atom stereocenters. The monoisotopic (exact) mass is 239 g/mol. The Bertz CT molecular complexity index is 349. The van der Waals surface area contributed by atoms with Crippen LogP contribution in [0, 0.1) is 0 Å². The summed E-state index contributed by atoms with van der Waals surface area (Å²) in [6, 6.07) is 0. The van der Waals surface area contributed by atoms with E-state index < -0.39 is 5.97 Å². The predicted octanol–water partition coefficient (Wildman–Crippen LogP) is 1.17. The second kappa shape index (κ2) is 7.43. The first-order valence-corrected chi connectivity index (χ1v) is 5.68. The zero-order valence-electron chi connectivity index (χ0n) is 9.61. The van der Waals surface area contributed by atoms with E-state index in [1.54, 1.807) is 0 Å². The number of unbranched alkanes of at least 4 members (excludes halogenated alkanes) is 3. The molecule has 1 rings (SSSR count). The summed E-state index contributed by atoms with van der Waals surface area (Å²) in [6.07, 6.45) is 6.52. The third kappa shape index (κ3) is 5.70. The second-order valence-electron chi connectivity index (χ2n) is 3.78. The number of nitrogens with zero attached hydrogens (tertiary/aromatic N) is 1. The third-order valence-corrected chi connectivity index (χ3v) is 2.35. The Kier molecular flexibility index (Phi) is 5.77. The third-order valence-electron chi connectivity index (χ3n) is 2.35. The maximum Gasteiger partial charge on any atom is 0.303 e. The molecule has 0 saturated heterocycles. The average molecular weight is 239 g/mol. The van der Waals surface area contributed by atoms with Gasteiger partial charge in [-0.3, -0.25) is 9.59 Å². The van der Waals surface area contributed by atoms with E-state index in [0.29, 0.717) is 18.7 Å². The number of aliphatic carboxylic acids is 1. The van der Waals surface area contributed by atoms with Gasteiger partial charge in [0.05, 0.1) is 12.5 Å². The van der Waals surface area contributed by atoms with Gasteiger partial charge in [-0.05, 0) is 12.8 Å². The molecule has 0 unspecified atom stereocenters. The lowest BCUT2D eigenvalue weighted by atomic mass is 10.1. The van der Waals surface area contributed by atoms with Gasteiger partial charge in [0.1, 0.15) is 5.69 Å². The van der Waals surface area contributed by atoms with Crippen molar-refractivity contribution in [2.75, 3.05) is 6.54 Å². The van der Waals surface area contributed by atoms with E-state index in [2.05, 4.69) is 15.3 Å². The fourth-order valence-corrected chi connectivity index (χ4v) is 1.43. The summed E-state index contributed by atoms with van der Waals surface area (Å²) in [5, 5.41) is 11.2. The fraction of sp³-hybridized carbons (Fsp3) is 0.545. The molecule has 1 aromatic heterocycles. The molecule has 94 valence electrons. The van der Waals surface area contributed by atoms with Crippen LogP contribution < -0.4 is 5.32 Å². The molecule has 1 aromatic rings. The SMILES string of the molecule is O=C(O)CCCCCCNC(=O)c1cnc[nH]1. The molecule has 0 aliphatic heterocycles. The van der Waals surface area contributed by atoms with E-state index in [0.717, 1.165) is 19.3 Å². The van der Waals surface area contributed by atoms with Crippen molar-refractivity contribution in [3.8, 4) is 0 Å². The zero-order chi connectivity index (χ0) is 12.5. The molecule has 0 fully saturated rings. The molecule has 0 bridgehead atoms. The number of hydrogen-bond acceptors (Lipinski definition) is 3. The Morgan fingerprint density at radius 2 is 2.06 bits per heavy atom. The molecule has 0 aliphatic carbocycles. The molecular formula is C11H17N3O3. The molecule has 0 spiro atoms. The Labute approximate surface area is 99.4 Å². The van der Waals surface area contributed by atoms with E-state index in [1.807, 2.05) is 0 Å². The van der Waals surface area contributed by atoms with Crippen LogP contribution in [0.2, 0.25) is 0 Å². The minimum Gasteiger partial charge on any atom is -0.481 e. The van der Waals surface area contributed by atoms with Crippen LogP contribution >= 0.6 is 0 Å². The number of nitrogens with one attached hydrogen (secondary N) is 2. The van der Waals surface area contributed by atoms with Crippen LogP contribution in [-0.2, 0) is 4.79 Å². The van der Waals surface area contributed by atoms with Gasteiger partial charge in [0.25, 0.3) is 5.91 Å². The van der Waals surface area contributed by atoms with E-state index in [-0.39, 0.29) is 12.3 Å². The second-order valence-corrected chi connectivity index (χ2v) is 3.78. The molecule has 1 amide bonds. The van der Waals surface area contributed by atoms with Gasteiger partial charge < -0.3 is 15.4 Å². The molecule has 0 aromatic carbocycles. The van der Waals surface area contributed by atoms with Crippen LogP contribution in [0.25, 0.3) is 0 Å². The predicted molar refractivity (Wildman–Crippen MR) is 61.6 cm³/mol. The number of amides is 1. The van der Waals surface area contributed by atoms with Crippen LogP contribution in [0.3, 0.4) is 0 Å². The van der Waals surface area contributed by atoms with Crippen LogP contribution in [0.4, 0.5) is 0 Å². The smallest absolute Gasteiger partial charge is 0.303 e. The number of carbonyl (C=O) groups is 2. The number of carbonyl (C=O) groups excluding carboxylic acids is 1. The standard InChI is InChI=1S/C11H17N3O3/c15-10(16)5-3-1-2-4-6-13-11(17)9-7-12-8-14-9/h7-8H,1-6H2,(H,12,14)(H,13,17)(H,15,16). The lowest BCUT2D eigenvalue weighted by molar-refractivity contribution is -0.137. The van der Waals surface area contributed by atoms with Gasteiger partial charge in [0.15, 0.2) is 0 Å². The van der Waals surface area contributed by atoms with Crippen molar-refractivity contribution in [3.63, 3.8) is 0 Å². The highest BCUT2D eigenvalue weighted by Crippen LogP contribution is 2.02. The van der Waals surface area contributed by atoms with Crippen LogP contribution in [0.15, 0.2) is 12.5 Å². The first-order chi connectivity index (χ1) is 8.20. The van der Waals surface area contributed by atoms with Crippen molar-refractivity contribution in [2.45, 2.75) is 32.1 Å². The Balaban J connectivity index is 1.97. The largest absolute Gasteiger partial charge is 0.481 e. The van der Waals surface area contributed by atoms with E-state index in [4.69, 9.17) is 5.11 Å². The summed E-state index contributed by atoms with van der Waals surface area (Å²) < 4.78 is 0. The number of aromatic nitrogens is 2. The van der Waals surface area contributed by atoms with Crippen molar-refractivity contribution in [2.24, 2.45) is 0 Å². The molecule has 0 radical (unpaired) electrons. The quantitative estimate of drug-likeness (QED) is 0.593. The molecule has 1 heterocycles. The number of carboxylic acid groups (broad SMARTS) is 1. The van der Waals surface area contributed by atoms with E-state index >= 15 is 0 Å². The maximum absolute atomic E-state index is 11.4. The minimum atomic E-state index is -0.752. The van der Waals surface area contributed by atoms with Crippen molar-refractivity contribution in [3.05, 3.63) is 18.2 Å². The van der Waals surface area contributed by atoms with Crippen molar-refractivity contribution < 1.29 is 14.7 Å². The topological polar surface area (TPSA) is 95.1 Å². The molecule has 6 nitrogen and oxygen atoms in total. The van der Waals surface area contributed by atoms with Gasteiger partial charge in [-0.25, -0.2) is 4.98 Å². The van der Waals surface area contributed by atoms with Gasteiger partial charge in [0, 0.05) is 13.0 Å². The number of rotatable bonds is 8. The Morgan fingerprint density at radius 1 is 1.29 bits per heavy atom. The van der Waals surface area contributed by atoms with Crippen molar-refractivity contribution in [1.82, 2.24) is 15.3 Å². The lowest BCUT2D eigenvalue weighted by Crippen LogP contribution is -2.24. The van der Waals surface area contributed by atoms with Gasteiger partial charge in [0.2, 0.25) is 0 Å². The van der Waals surface area contributed by atoms with Crippen molar-refractivity contribution in [1.29, 1.82) is 0 Å². The average Bonchev–Trinajstić information content (AvgIpc) is 2.80. The molecular weight excluding hydrogens is 222 g/mol. The van der Waals surface area contributed by atoms with Gasteiger partial charge >= 0.3 is 5.97 Å². The summed E-state index contributed by atoms with van der Waals surface area (Å²) in [6.45, 7) is 0.602. The highest BCUT2D eigenvalue weighted by molar-refractivity contribution is 5.91. The summed E-state index contributed by atoms with van der Waals surface area (Å²) in [7, 11) is 0. The van der Waals surface area contributed by atoms with Crippen LogP contribution in [0.5, 0.6) is 0 Å². The van der Waals surface area contributed by atoms with E-state index in [1.165, 1.54) is 12.5 Å². The van der Waals surface area contributed by atoms with E-state index in [9.17, 15) is 9.59 Å². The summed E-state index contributed by atoms with van der Waals surface area (Å²) in [5.74, 6) is -0.911. The van der Waals surface area contributed by atoms with Crippen molar-refractivity contribution >= 4 is 11.9 Å². The number of hydrogen-bond donors (Lipinski definition) is 3. The Morgan fingerprint density at radius 3 is 2.71 bits per heavy atom. The van der Waals surface area contributed by atoms with Gasteiger partial charge in [-0.15, -0.1) is 0 Å². The molecule has 0 saturated carbocycles. The van der Waals surface area contributed by atoms with Crippen LogP contribution in [0.1, 0.15) is 42.6 Å². The Hall–Kier alpha value is -1.85. The number of imidazole rings is 1. The first kappa shape index (κ1) is 13.2. The number of carboxylic acids is 1. The summed E-state index contributed by atoms with van der Waals surface area (Å²) in [4.78, 5) is 28.1. The lowest BCUT2D eigenvalue weighted by Gasteiger charge is -2.03. The molecule has 17 heavy (non-hydrogen) atoms. The fourth-order valence-electron chi connectivity index (χ4n) is 1.43. The van der Waals surface area contributed by atoms with Gasteiger partial charge in [-0.1, -0.05) is 12.8 Å². The zero-order valence-corrected chi connectivity index (χ0v) is 9.61. The maximum atomic E-state index is 11.4. The van der Waals surface area contributed by atoms with Crippen LogP contribution in [-0.4, -0.2) is 33.5 Å². The summed E-state index contributed by atoms with van der Waals surface area (Å²) >= 11 is 0. The number of H-pyrrole nitrogens is 1. The molecule has 6 heteroatoms. The highest BCUT2D eigenvalue weighted by Gasteiger charge is 2.04. The summed E-state index contributed by atoms with van der Waals surface area (Å²) in [5.41, 5.74) is 0.455. The first-order valence-electron chi connectivity index (χ1n) is 5.68. The molecule has 3 N–H and O–H groups in total. The van der Waals surface area contributed by atoms with Gasteiger partial charge in [-0.2, -0.15) is 0 Å². The minimum absolute atomic E-state index is 0.159. The normalized spacial score (nSPS) is 10.1. The highest BCUT2D eigenvalue weighted by atomic mass is 16.4.